The Morgan fingerprint density at radius 2 is 2.14 bits per heavy atom. The predicted molar refractivity (Wildman–Crippen MR) is 83.6 cm³/mol. The maximum atomic E-state index is 11.8. The maximum Gasteiger partial charge on any atom is 0.346 e. The van der Waals surface area contributed by atoms with Gasteiger partial charge < -0.3 is 15.2 Å². The molecule has 2 aromatic rings. The summed E-state index contributed by atoms with van der Waals surface area (Å²) in [5, 5.41) is 13.1. The number of nitrogens with one attached hydrogen (secondary N) is 1. The normalized spacial score (nSPS) is 10.1. The summed E-state index contributed by atoms with van der Waals surface area (Å²) in [5.74, 6) is -0.918. The van der Waals surface area contributed by atoms with Gasteiger partial charge in [-0.2, -0.15) is 0 Å². The number of hydrogen-bond acceptors (Lipinski definition) is 5. The molecule has 0 saturated carbocycles. The van der Waals surface area contributed by atoms with Crippen LogP contribution in [-0.2, 0) is 4.79 Å². The minimum absolute atomic E-state index is 0.168. The number of para-hydroxylation sites is 1. The topological polar surface area (TPSA) is 75.6 Å². The number of carbonyl (C=O) groups excluding carboxylic acids is 1. The Morgan fingerprint density at radius 3 is 2.81 bits per heavy atom. The summed E-state index contributed by atoms with van der Waals surface area (Å²) in [5.41, 5.74) is 0.732. The van der Waals surface area contributed by atoms with Gasteiger partial charge in [-0.05, 0) is 18.4 Å². The van der Waals surface area contributed by atoms with Crippen LogP contribution in [-0.4, -0.2) is 29.8 Å². The van der Waals surface area contributed by atoms with Gasteiger partial charge in [0.2, 0.25) is 0 Å². The zero-order valence-corrected chi connectivity index (χ0v) is 12.8. The summed E-state index contributed by atoms with van der Waals surface area (Å²) in [4.78, 5) is 23.7. The zero-order valence-electron chi connectivity index (χ0n) is 11.2. The first-order chi connectivity index (χ1) is 10.1. The molecule has 2 rings (SSSR count). The molecule has 2 N–H and O–H groups in total. The van der Waals surface area contributed by atoms with E-state index in [0.717, 1.165) is 21.9 Å². The van der Waals surface area contributed by atoms with Gasteiger partial charge in [-0.25, -0.2) is 4.79 Å². The molecule has 1 aromatic carbocycles. The smallest absolute Gasteiger partial charge is 0.346 e. The van der Waals surface area contributed by atoms with E-state index in [4.69, 9.17) is 9.84 Å². The van der Waals surface area contributed by atoms with Crippen LogP contribution in [0.25, 0.3) is 0 Å². The molecule has 0 spiro atoms. The Bertz CT molecular complexity index is 654. The lowest BCUT2D eigenvalue weighted by Gasteiger charge is -2.09. The number of benzene rings is 1. The molecule has 0 radical (unpaired) electrons. The molecule has 1 aromatic heterocycles. The maximum absolute atomic E-state index is 11.8. The number of aromatic carboxylic acids is 1. The Labute approximate surface area is 129 Å². The van der Waals surface area contributed by atoms with Crippen LogP contribution in [0.3, 0.4) is 0 Å². The second kappa shape index (κ2) is 7.14. The highest BCUT2D eigenvalue weighted by Crippen LogP contribution is 2.25. The lowest BCUT2D eigenvalue weighted by atomic mass is 10.3. The van der Waals surface area contributed by atoms with Crippen LogP contribution in [0, 0.1) is 0 Å². The van der Waals surface area contributed by atoms with Crippen molar-refractivity contribution in [2.75, 3.05) is 18.2 Å². The van der Waals surface area contributed by atoms with Gasteiger partial charge in [-0.3, -0.25) is 4.79 Å². The quantitative estimate of drug-likeness (QED) is 0.799. The third kappa shape index (κ3) is 4.24. The molecule has 0 bridgehead atoms. The standard InChI is InChI=1S/C14H13NO4S2/c1-20-11-5-3-2-4-10(11)15-13(16)7-19-9-6-12(14(17)18)21-8-9/h2-6,8H,7H2,1H3,(H,15,16)(H,17,18). The average molecular weight is 323 g/mol. The molecule has 0 saturated heterocycles. The summed E-state index contributed by atoms with van der Waals surface area (Å²) in [6, 6.07) is 8.87. The van der Waals surface area contributed by atoms with E-state index in [1.54, 1.807) is 5.38 Å². The molecule has 0 aliphatic heterocycles. The van der Waals surface area contributed by atoms with E-state index in [1.165, 1.54) is 17.8 Å². The average Bonchev–Trinajstić information content (AvgIpc) is 2.95. The summed E-state index contributed by atoms with van der Waals surface area (Å²) in [6.07, 6.45) is 1.93. The zero-order chi connectivity index (χ0) is 15.2. The third-order valence-corrected chi connectivity index (χ3v) is 4.23. The fourth-order valence-corrected chi connectivity index (χ4v) is 2.81. The van der Waals surface area contributed by atoms with Crippen LogP contribution in [0.1, 0.15) is 9.67 Å². The highest BCUT2D eigenvalue weighted by atomic mass is 32.2. The molecule has 7 heteroatoms. The van der Waals surface area contributed by atoms with Crippen LogP contribution in [0.5, 0.6) is 5.75 Å². The number of hydrogen-bond donors (Lipinski definition) is 2. The minimum Gasteiger partial charge on any atom is -0.483 e. The van der Waals surface area contributed by atoms with Crippen molar-refractivity contribution in [3.8, 4) is 5.75 Å². The Kier molecular flexibility index (Phi) is 5.24. The SMILES string of the molecule is CSc1ccccc1NC(=O)COc1csc(C(=O)O)c1. The van der Waals surface area contributed by atoms with Crippen LogP contribution < -0.4 is 10.1 Å². The molecule has 21 heavy (non-hydrogen) atoms. The van der Waals surface area contributed by atoms with E-state index < -0.39 is 5.97 Å². The third-order valence-electron chi connectivity index (χ3n) is 2.54. The van der Waals surface area contributed by atoms with E-state index in [9.17, 15) is 9.59 Å². The van der Waals surface area contributed by atoms with Gasteiger partial charge in [-0.1, -0.05) is 12.1 Å². The molecular formula is C14H13NO4S2. The summed E-state index contributed by atoms with van der Waals surface area (Å²) in [7, 11) is 0. The van der Waals surface area contributed by atoms with Crippen molar-refractivity contribution >= 4 is 40.7 Å². The van der Waals surface area contributed by atoms with Crippen LogP contribution >= 0.6 is 23.1 Å². The molecule has 5 nitrogen and oxygen atoms in total. The van der Waals surface area contributed by atoms with E-state index >= 15 is 0 Å². The van der Waals surface area contributed by atoms with Crippen molar-refractivity contribution in [1.29, 1.82) is 0 Å². The van der Waals surface area contributed by atoms with Crippen molar-refractivity contribution in [3.05, 3.63) is 40.6 Å². The fraction of sp³-hybridized carbons (Fsp3) is 0.143. The first kappa shape index (κ1) is 15.4. The number of carbonyl (C=O) groups is 2. The number of thioether (sulfide) groups is 1. The van der Waals surface area contributed by atoms with Crippen LogP contribution in [0.15, 0.2) is 40.6 Å². The van der Waals surface area contributed by atoms with E-state index in [2.05, 4.69) is 5.32 Å². The Balaban J connectivity index is 1.91. The Morgan fingerprint density at radius 1 is 1.38 bits per heavy atom. The van der Waals surface area contributed by atoms with E-state index in [-0.39, 0.29) is 17.4 Å². The molecule has 0 atom stereocenters. The number of carboxylic acid groups (broad SMARTS) is 1. The minimum atomic E-state index is -1.01. The molecule has 1 amide bonds. The molecular weight excluding hydrogens is 310 g/mol. The predicted octanol–water partition coefficient (Wildman–Crippen LogP) is 3.19. The van der Waals surface area contributed by atoms with Gasteiger partial charge in [0.15, 0.2) is 6.61 Å². The lowest BCUT2D eigenvalue weighted by molar-refractivity contribution is -0.118. The number of anilines is 1. The summed E-state index contributed by atoms with van der Waals surface area (Å²) >= 11 is 2.60. The van der Waals surface area contributed by atoms with Gasteiger partial charge in [0.05, 0.1) is 5.69 Å². The molecule has 0 aliphatic rings. The number of ether oxygens (including phenoxy) is 1. The number of carboxylic acids is 1. The second-order valence-corrected chi connectivity index (χ2v) is 5.75. The summed E-state index contributed by atoms with van der Waals surface area (Å²) < 4.78 is 5.27. The fourth-order valence-electron chi connectivity index (χ4n) is 1.59. The highest BCUT2D eigenvalue weighted by Gasteiger charge is 2.10. The van der Waals surface area contributed by atoms with Crippen LogP contribution in [0.4, 0.5) is 5.69 Å². The van der Waals surface area contributed by atoms with Crippen molar-refractivity contribution in [1.82, 2.24) is 0 Å². The largest absolute Gasteiger partial charge is 0.483 e. The van der Waals surface area contributed by atoms with E-state index in [1.807, 2.05) is 30.5 Å². The van der Waals surface area contributed by atoms with Crippen molar-refractivity contribution < 1.29 is 19.4 Å². The first-order valence-corrected chi connectivity index (χ1v) is 8.08. The second-order valence-electron chi connectivity index (χ2n) is 3.99. The van der Waals surface area contributed by atoms with Crippen LogP contribution in [0.2, 0.25) is 0 Å². The molecule has 110 valence electrons. The molecule has 0 fully saturated rings. The number of rotatable bonds is 6. The van der Waals surface area contributed by atoms with Gasteiger partial charge in [0.25, 0.3) is 5.91 Å². The van der Waals surface area contributed by atoms with Gasteiger partial charge >= 0.3 is 5.97 Å². The lowest BCUT2D eigenvalue weighted by Crippen LogP contribution is -2.20. The van der Waals surface area contributed by atoms with E-state index in [0.29, 0.717) is 5.75 Å². The van der Waals surface area contributed by atoms with Crippen molar-refractivity contribution in [2.24, 2.45) is 0 Å². The highest BCUT2D eigenvalue weighted by molar-refractivity contribution is 7.98. The first-order valence-electron chi connectivity index (χ1n) is 5.97. The van der Waals surface area contributed by atoms with Crippen molar-refractivity contribution in [3.63, 3.8) is 0 Å². The number of thiophene rings is 1. The molecule has 0 aliphatic carbocycles. The van der Waals surface area contributed by atoms with Gasteiger partial charge in [0.1, 0.15) is 10.6 Å². The molecule has 1 heterocycles. The monoisotopic (exact) mass is 323 g/mol. The summed E-state index contributed by atoms with van der Waals surface area (Å²) in [6.45, 7) is -0.168. The van der Waals surface area contributed by atoms with Gasteiger partial charge in [-0.15, -0.1) is 23.1 Å². The molecule has 0 unspecified atom stereocenters. The van der Waals surface area contributed by atoms with Gasteiger partial charge in [0, 0.05) is 16.3 Å². The van der Waals surface area contributed by atoms with Crippen molar-refractivity contribution in [2.45, 2.75) is 4.90 Å². The Hall–Kier alpha value is -1.99. The number of amides is 1.